The minimum absolute atomic E-state index is 0.380. The van der Waals surface area contributed by atoms with E-state index in [2.05, 4.69) is 11.9 Å². The molecule has 1 aromatic carbocycles. The fourth-order valence-electron chi connectivity index (χ4n) is 1.92. The Balaban J connectivity index is 2.23. The molecule has 0 atom stereocenters. The molecule has 0 amide bonds. The Hall–Kier alpha value is -1.94. The number of benzene rings is 1. The van der Waals surface area contributed by atoms with E-state index in [0.29, 0.717) is 4.99 Å². The summed E-state index contributed by atoms with van der Waals surface area (Å²) in [6, 6.07) is 11.8. The van der Waals surface area contributed by atoms with Crippen molar-refractivity contribution in [2.75, 3.05) is 6.61 Å². The van der Waals surface area contributed by atoms with Gasteiger partial charge in [0.15, 0.2) is 0 Å². The standard InChI is InChI=1S/C16H18N2OS/c1-3-10-19-13-6-4-12(5-7-13)15-9-8-14(16(17)20)11(2)18-15/h4-9H,3,10H2,1-2H3,(H2,17,20). The van der Waals surface area contributed by atoms with Gasteiger partial charge in [0, 0.05) is 16.8 Å². The van der Waals surface area contributed by atoms with E-state index in [1.165, 1.54) is 0 Å². The van der Waals surface area contributed by atoms with Gasteiger partial charge in [-0.1, -0.05) is 19.1 Å². The first-order valence-electron chi connectivity index (χ1n) is 6.62. The van der Waals surface area contributed by atoms with Crippen LogP contribution in [0.15, 0.2) is 36.4 Å². The van der Waals surface area contributed by atoms with Crippen LogP contribution < -0.4 is 10.5 Å². The molecule has 0 unspecified atom stereocenters. The van der Waals surface area contributed by atoms with Crippen LogP contribution in [0, 0.1) is 6.92 Å². The van der Waals surface area contributed by atoms with Gasteiger partial charge < -0.3 is 10.5 Å². The molecule has 0 saturated heterocycles. The summed E-state index contributed by atoms with van der Waals surface area (Å²) in [5.41, 5.74) is 9.27. The number of hydrogen-bond acceptors (Lipinski definition) is 3. The number of nitrogens with two attached hydrogens (primary N) is 1. The summed E-state index contributed by atoms with van der Waals surface area (Å²) in [7, 11) is 0. The molecule has 4 heteroatoms. The second-order valence-electron chi connectivity index (χ2n) is 4.57. The first-order valence-corrected chi connectivity index (χ1v) is 7.03. The van der Waals surface area contributed by atoms with Gasteiger partial charge in [-0.3, -0.25) is 4.98 Å². The number of aryl methyl sites for hydroxylation is 1. The fourth-order valence-corrected chi connectivity index (χ4v) is 2.14. The average Bonchev–Trinajstić information content (AvgIpc) is 2.45. The van der Waals surface area contributed by atoms with Gasteiger partial charge in [-0.25, -0.2) is 0 Å². The lowest BCUT2D eigenvalue weighted by Gasteiger charge is -2.08. The number of nitrogens with zero attached hydrogens (tertiary/aromatic N) is 1. The summed E-state index contributed by atoms with van der Waals surface area (Å²) in [4.78, 5) is 4.93. The Bertz CT molecular complexity index is 608. The topological polar surface area (TPSA) is 48.1 Å². The molecular weight excluding hydrogens is 268 g/mol. The molecule has 20 heavy (non-hydrogen) atoms. The van der Waals surface area contributed by atoms with E-state index in [1.807, 2.05) is 43.3 Å². The molecule has 1 heterocycles. The molecule has 0 bridgehead atoms. The van der Waals surface area contributed by atoms with Gasteiger partial charge >= 0.3 is 0 Å². The maximum absolute atomic E-state index is 5.64. The fraction of sp³-hybridized carbons (Fsp3) is 0.250. The van der Waals surface area contributed by atoms with Crippen molar-refractivity contribution in [1.82, 2.24) is 4.98 Å². The van der Waals surface area contributed by atoms with Crippen molar-refractivity contribution in [2.24, 2.45) is 5.73 Å². The summed E-state index contributed by atoms with van der Waals surface area (Å²) in [6.07, 6.45) is 1.00. The summed E-state index contributed by atoms with van der Waals surface area (Å²) >= 11 is 4.99. The third-order valence-corrected chi connectivity index (χ3v) is 3.19. The molecule has 0 fully saturated rings. The Morgan fingerprint density at radius 1 is 1.20 bits per heavy atom. The second-order valence-corrected chi connectivity index (χ2v) is 5.01. The van der Waals surface area contributed by atoms with Crippen molar-refractivity contribution in [3.05, 3.63) is 47.7 Å². The number of thiocarbonyl (C=S) groups is 1. The minimum atomic E-state index is 0.380. The maximum atomic E-state index is 5.64. The van der Waals surface area contributed by atoms with Crippen LogP contribution >= 0.6 is 12.2 Å². The SMILES string of the molecule is CCCOc1ccc(-c2ccc(C(N)=S)c(C)n2)cc1. The smallest absolute Gasteiger partial charge is 0.119 e. The van der Waals surface area contributed by atoms with Crippen LogP contribution in [0.2, 0.25) is 0 Å². The minimum Gasteiger partial charge on any atom is -0.494 e. The average molecular weight is 286 g/mol. The monoisotopic (exact) mass is 286 g/mol. The number of pyridine rings is 1. The summed E-state index contributed by atoms with van der Waals surface area (Å²) in [5, 5.41) is 0. The molecule has 0 aliphatic rings. The molecule has 3 nitrogen and oxygen atoms in total. The maximum Gasteiger partial charge on any atom is 0.119 e. The van der Waals surface area contributed by atoms with Gasteiger partial charge in [-0.2, -0.15) is 0 Å². The van der Waals surface area contributed by atoms with E-state index in [1.54, 1.807) is 0 Å². The first-order chi connectivity index (χ1) is 9.61. The highest BCUT2D eigenvalue weighted by molar-refractivity contribution is 7.80. The second kappa shape index (κ2) is 6.48. The predicted molar refractivity (Wildman–Crippen MR) is 86.1 cm³/mol. The highest BCUT2D eigenvalue weighted by Crippen LogP contribution is 2.22. The lowest BCUT2D eigenvalue weighted by atomic mass is 10.1. The largest absolute Gasteiger partial charge is 0.494 e. The van der Waals surface area contributed by atoms with E-state index in [-0.39, 0.29) is 0 Å². The van der Waals surface area contributed by atoms with Crippen molar-refractivity contribution in [2.45, 2.75) is 20.3 Å². The number of ether oxygens (including phenoxy) is 1. The van der Waals surface area contributed by atoms with E-state index in [0.717, 1.165) is 41.3 Å². The van der Waals surface area contributed by atoms with Crippen LogP contribution in [0.4, 0.5) is 0 Å². The molecule has 2 N–H and O–H groups in total. The van der Waals surface area contributed by atoms with Crippen LogP contribution in [0.5, 0.6) is 5.75 Å². The molecule has 0 radical (unpaired) electrons. The quantitative estimate of drug-likeness (QED) is 0.855. The van der Waals surface area contributed by atoms with Crippen molar-refractivity contribution in [1.29, 1.82) is 0 Å². The Kier molecular flexibility index (Phi) is 4.69. The molecule has 104 valence electrons. The van der Waals surface area contributed by atoms with Crippen molar-refractivity contribution < 1.29 is 4.74 Å². The van der Waals surface area contributed by atoms with Crippen LogP contribution in [-0.2, 0) is 0 Å². The van der Waals surface area contributed by atoms with Crippen LogP contribution in [0.25, 0.3) is 11.3 Å². The normalized spacial score (nSPS) is 10.3. The summed E-state index contributed by atoms with van der Waals surface area (Å²) in [5.74, 6) is 0.882. The number of hydrogen-bond donors (Lipinski definition) is 1. The van der Waals surface area contributed by atoms with Crippen molar-refractivity contribution >= 4 is 17.2 Å². The van der Waals surface area contributed by atoms with Crippen LogP contribution in [-0.4, -0.2) is 16.6 Å². The lowest BCUT2D eigenvalue weighted by Crippen LogP contribution is -2.12. The molecule has 2 rings (SSSR count). The van der Waals surface area contributed by atoms with Gasteiger partial charge in [0.25, 0.3) is 0 Å². The zero-order chi connectivity index (χ0) is 14.5. The molecule has 0 saturated carbocycles. The third kappa shape index (κ3) is 3.33. The van der Waals surface area contributed by atoms with Gasteiger partial charge in [0.05, 0.1) is 12.3 Å². The lowest BCUT2D eigenvalue weighted by molar-refractivity contribution is 0.317. The first kappa shape index (κ1) is 14.5. The Morgan fingerprint density at radius 2 is 1.90 bits per heavy atom. The van der Waals surface area contributed by atoms with Crippen LogP contribution in [0.1, 0.15) is 24.6 Å². The Labute approximate surface area is 124 Å². The zero-order valence-electron chi connectivity index (χ0n) is 11.7. The summed E-state index contributed by atoms with van der Waals surface area (Å²) in [6.45, 7) is 4.74. The van der Waals surface area contributed by atoms with Gasteiger partial charge in [0.1, 0.15) is 10.7 Å². The molecule has 0 spiro atoms. The summed E-state index contributed by atoms with van der Waals surface area (Å²) < 4.78 is 5.57. The van der Waals surface area contributed by atoms with Gasteiger partial charge in [-0.15, -0.1) is 0 Å². The zero-order valence-corrected chi connectivity index (χ0v) is 12.5. The molecule has 0 aliphatic carbocycles. The van der Waals surface area contributed by atoms with E-state index in [9.17, 15) is 0 Å². The molecular formula is C16H18N2OS. The van der Waals surface area contributed by atoms with E-state index >= 15 is 0 Å². The van der Waals surface area contributed by atoms with E-state index in [4.69, 9.17) is 22.7 Å². The van der Waals surface area contributed by atoms with Gasteiger partial charge in [-0.05, 0) is 49.7 Å². The van der Waals surface area contributed by atoms with E-state index < -0.39 is 0 Å². The van der Waals surface area contributed by atoms with Crippen molar-refractivity contribution in [3.8, 4) is 17.0 Å². The molecule has 0 aliphatic heterocycles. The predicted octanol–water partition coefficient (Wildman–Crippen LogP) is 3.48. The highest BCUT2D eigenvalue weighted by atomic mass is 32.1. The Morgan fingerprint density at radius 3 is 2.45 bits per heavy atom. The number of rotatable bonds is 5. The van der Waals surface area contributed by atoms with Crippen molar-refractivity contribution in [3.63, 3.8) is 0 Å². The molecule has 2 aromatic rings. The van der Waals surface area contributed by atoms with Crippen LogP contribution in [0.3, 0.4) is 0 Å². The third-order valence-electron chi connectivity index (χ3n) is 2.97. The van der Waals surface area contributed by atoms with Gasteiger partial charge in [0.2, 0.25) is 0 Å². The molecule has 1 aromatic heterocycles. The number of aromatic nitrogens is 1. The highest BCUT2D eigenvalue weighted by Gasteiger charge is 2.06.